The Kier molecular flexibility index (Phi) is 6.44. The van der Waals surface area contributed by atoms with Crippen LogP contribution in [0, 0.1) is 5.82 Å². The highest BCUT2D eigenvalue weighted by molar-refractivity contribution is 7.93. The highest BCUT2D eigenvalue weighted by atomic mass is 32.2. The van der Waals surface area contributed by atoms with E-state index in [-0.39, 0.29) is 25.5 Å². The molecule has 3 heterocycles. The molecule has 2 aromatic carbocycles. The molecule has 0 bridgehead atoms. The molecule has 1 saturated heterocycles. The number of piperazine rings is 1. The van der Waals surface area contributed by atoms with Crippen LogP contribution in [0.15, 0.2) is 71.2 Å². The lowest BCUT2D eigenvalue weighted by molar-refractivity contribution is -0.136. The zero-order chi connectivity index (χ0) is 25.4. The van der Waals surface area contributed by atoms with Crippen LogP contribution >= 0.6 is 11.3 Å². The second kappa shape index (κ2) is 9.55. The van der Waals surface area contributed by atoms with E-state index in [0.717, 1.165) is 5.69 Å². The average Bonchev–Trinajstić information content (AvgIpc) is 3.53. The maximum absolute atomic E-state index is 14.1. The second-order valence-corrected chi connectivity index (χ2v) is 11.4. The summed E-state index contributed by atoms with van der Waals surface area (Å²) in [6.07, 6.45) is 3.30. The molecule has 2 atom stereocenters. The lowest BCUT2D eigenvalue weighted by Gasteiger charge is -2.42. The number of amides is 1. The zero-order valence-corrected chi connectivity index (χ0v) is 21.5. The highest BCUT2D eigenvalue weighted by Crippen LogP contribution is 2.27. The Morgan fingerprint density at radius 3 is 2.67 bits per heavy atom. The first-order valence-corrected chi connectivity index (χ1v) is 13.9. The maximum Gasteiger partial charge on any atom is 0.263 e. The van der Waals surface area contributed by atoms with Gasteiger partial charge in [0, 0.05) is 57.4 Å². The third-order valence-electron chi connectivity index (χ3n) is 6.56. The van der Waals surface area contributed by atoms with E-state index < -0.39 is 16.1 Å². The maximum atomic E-state index is 14.1. The lowest BCUT2D eigenvalue weighted by Crippen LogP contribution is -2.55. The molecule has 1 N–H and O–H groups in total. The van der Waals surface area contributed by atoms with Crippen LogP contribution < -0.4 is 9.62 Å². The van der Waals surface area contributed by atoms with E-state index in [1.54, 1.807) is 54.2 Å². The SMILES string of the molecule is C[C@@H]1CN(c2ccc(S(=O)(=O)Nc3nccs3)cc2)CCN1C(=O)[C@H](C)n1ccc2c(F)cccc21.[HH].[HH]. The quantitative estimate of drug-likeness (QED) is 0.385. The number of carbonyl (C=O) groups is 1. The average molecular weight is 532 g/mol. The van der Waals surface area contributed by atoms with Gasteiger partial charge in [-0.1, -0.05) is 6.07 Å². The first kappa shape index (κ1) is 24.3. The molecule has 0 spiro atoms. The van der Waals surface area contributed by atoms with Gasteiger partial charge in [-0.2, -0.15) is 0 Å². The minimum Gasteiger partial charge on any atom is -0.368 e. The van der Waals surface area contributed by atoms with Crippen molar-refractivity contribution in [2.45, 2.75) is 30.8 Å². The van der Waals surface area contributed by atoms with Crippen LogP contribution in [0.2, 0.25) is 0 Å². The molecule has 2 aromatic heterocycles. The van der Waals surface area contributed by atoms with Crippen molar-refractivity contribution in [3.8, 4) is 0 Å². The van der Waals surface area contributed by atoms with Crippen molar-refractivity contribution in [2.24, 2.45) is 0 Å². The third-order valence-corrected chi connectivity index (χ3v) is 8.73. The van der Waals surface area contributed by atoms with Gasteiger partial charge in [-0.25, -0.2) is 17.8 Å². The standard InChI is InChI=1S/C25H26FN5O3S2.2H2/c1-17-16-29(19-6-8-20(9-7-19)36(33,34)28-25-27-11-15-35-25)13-14-30(17)24(32)18(2)31-12-10-21-22(26)4-3-5-23(21)31;;/h3-12,15,17-18H,13-14,16H2,1-2H3,(H,27,28);2*1H/t17-,18+;;/m1../s1. The number of hydrogen-bond acceptors (Lipinski definition) is 6. The minimum absolute atomic E-state index is 0. The summed E-state index contributed by atoms with van der Waals surface area (Å²) in [5, 5.41) is 2.52. The van der Waals surface area contributed by atoms with E-state index in [4.69, 9.17) is 0 Å². The summed E-state index contributed by atoms with van der Waals surface area (Å²) in [4.78, 5) is 21.5. The summed E-state index contributed by atoms with van der Waals surface area (Å²) in [5.41, 5.74) is 1.59. The number of nitrogens with one attached hydrogen (secondary N) is 1. The Hall–Kier alpha value is -3.44. The number of rotatable bonds is 6. The van der Waals surface area contributed by atoms with E-state index in [2.05, 4.69) is 14.6 Å². The monoisotopic (exact) mass is 531 g/mol. The first-order chi connectivity index (χ1) is 17.2. The van der Waals surface area contributed by atoms with E-state index >= 15 is 0 Å². The van der Waals surface area contributed by atoms with Crippen LogP contribution in [-0.4, -0.2) is 54.5 Å². The Balaban J connectivity index is 0.00000200. The topological polar surface area (TPSA) is 87.5 Å². The van der Waals surface area contributed by atoms with Crippen LogP contribution in [0.3, 0.4) is 0 Å². The molecule has 1 aliphatic rings. The van der Waals surface area contributed by atoms with Crippen molar-refractivity contribution in [3.05, 3.63) is 72.1 Å². The number of fused-ring (bicyclic) bond motifs is 1. The molecule has 0 aliphatic carbocycles. The van der Waals surface area contributed by atoms with Crippen molar-refractivity contribution in [2.75, 3.05) is 29.3 Å². The van der Waals surface area contributed by atoms with E-state index in [1.807, 2.05) is 29.4 Å². The number of thiazole rings is 1. The van der Waals surface area contributed by atoms with Crippen molar-refractivity contribution in [3.63, 3.8) is 0 Å². The van der Waals surface area contributed by atoms with Gasteiger partial charge < -0.3 is 14.4 Å². The Morgan fingerprint density at radius 2 is 1.97 bits per heavy atom. The van der Waals surface area contributed by atoms with Gasteiger partial charge in [-0.3, -0.25) is 9.52 Å². The molecule has 4 aromatic rings. The normalized spacial score (nSPS) is 17.4. The minimum atomic E-state index is -3.71. The molecule has 0 unspecified atom stereocenters. The Morgan fingerprint density at radius 1 is 1.19 bits per heavy atom. The molecule has 1 amide bonds. The molecule has 1 fully saturated rings. The molecule has 0 saturated carbocycles. The van der Waals surface area contributed by atoms with Crippen molar-refractivity contribution >= 4 is 49.0 Å². The van der Waals surface area contributed by atoms with Gasteiger partial charge in [0.1, 0.15) is 11.9 Å². The largest absolute Gasteiger partial charge is 0.368 e. The van der Waals surface area contributed by atoms with Gasteiger partial charge in [0.25, 0.3) is 10.0 Å². The van der Waals surface area contributed by atoms with Gasteiger partial charge in [0.05, 0.1) is 10.4 Å². The predicted octanol–water partition coefficient (Wildman–Crippen LogP) is 4.83. The molecular formula is C25H30FN5O3S2. The molecule has 5 rings (SSSR count). The number of carbonyl (C=O) groups excluding carboxylic acids is 1. The van der Waals surface area contributed by atoms with E-state index in [9.17, 15) is 17.6 Å². The molecule has 36 heavy (non-hydrogen) atoms. The molecule has 8 nitrogen and oxygen atoms in total. The van der Waals surface area contributed by atoms with Gasteiger partial charge in [0.2, 0.25) is 5.91 Å². The Labute approximate surface area is 216 Å². The third kappa shape index (κ3) is 4.56. The molecule has 192 valence electrons. The number of aromatic nitrogens is 2. The van der Waals surface area contributed by atoms with Crippen LogP contribution in [0.5, 0.6) is 0 Å². The van der Waals surface area contributed by atoms with E-state index in [1.165, 1.54) is 17.4 Å². The van der Waals surface area contributed by atoms with Gasteiger partial charge in [0.15, 0.2) is 5.13 Å². The smallest absolute Gasteiger partial charge is 0.263 e. The highest BCUT2D eigenvalue weighted by Gasteiger charge is 2.31. The summed E-state index contributed by atoms with van der Waals surface area (Å²) in [6.45, 7) is 5.60. The molecule has 1 aliphatic heterocycles. The summed E-state index contributed by atoms with van der Waals surface area (Å²) in [5.74, 6) is -0.315. The van der Waals surface area contributed by atoms with Crippen LogP contribution in [0.25, 0.3) is 10.9 Å². The predicted molar refractivity (Wildman–Crippen MR) is 144 cm³/mol. The Bertz CT molecular complexity index is 1500. The van der Waals surface area contributed by atoms with Crippen molar-refractivity contribution in [1.29, 1.82) is 0 Å². The number of benzene rings is 2. The second-order valence-electron chi connectivity index (χ2n) is 8.83. The lowest BCUT2D eigenvalue weighted by atomic mass is 10.1. The number of nitrogens with zero attached hydrogens (tertiary/aromatic N) is 4. The first-order valence-electron chi connectivity index (χ1n) is 11.6. The van der Waals surface area contributed by atoms with Crippen molar-refractivity contribution < 1.29 is 20.5 Å². The fourth-order valence-electron chi connectivity index (χ4n) is 4.65. The number of halogens is 1. The van der Waals surface area contributed by atoms with Crippen LogP contribution in [0.4, 0.5) is 15.2 Å². The van der Waals surface area contributed by atoms with Gasteiger partial charge in [-0.15, -0.1) is 11.3 Å². The molecule has 0 radical (unpaired) electrons. The summed E-state index contributed by atoms with van der Waals surface area (Å²) in [7, 11) is -3.71. The summed E-state index contributed by atoms with van der Waals surface area (Å²) in [6, 6.07) is 12.8. The number of hydrogen-bond donors (Lipinski definition) is 1. The molecular weight excluding hydrogens is 501 g/mol. The fraction of sp³-hybridized carbons (Fsp3) is 0.280. The van der Waals surface area contributed by atoms with Crippen LogP contribution in [0.1, 0.15) is 22.7 Å². The summed E-state index contributed by atoms with van der Waals surface area (Å²) >= 11 is 1.22. The van der Waals surface area contributed by atoms with Crippen LogP contribution in [-0.2, 0) is 14.8 Å². The summed E-state index contributed by atoms with van der Waals surface area (Å²) < 4.78 is 43.6. The molecule has 11 heteroatoms. The van der Waals surface area contributed by atoms with Gasteiger partial charge >= 0.3 is 0 Å². The van der Waals surface area contributed by atoms with E-state index in [0.29, 0.717) is 35.7 Å². The fourth-order valence-corrected chi connectivity index (χ4v) is 6.44. The van der Waals surface area contributed by atoms with Crippen molar-refractivity contribution in [1.82, 2.24) is 14.5 Å². The van der Waals surface area contributed by atoms with Gasteiger partial charge in [-0.05, 0) is 56.3 Å². The zero-order valence-electron chi connectivity index (χ0n) is 19.8. The number of anilines is 2. The number of sulfonamides is 1.